The van der Waals surface area contributed by atoms with Crippen molar-refractivity contribution >= 4 is 21.8 Å². The number of hydrogen-bond acceptors (Lipinski definition) is 5. The number of esters is 1. The SMILES string of the molecule is CCCN(CC)c1ccc(C(=O)OC(CS(=O)(=O)O)(C(F)(F)F)C(F)(F)F)cc1. The highest BCUT2D eigenvalue weighted by Gasteiger charge is 2.76. The topological polar surface area (TPSA) is 83.9 Å². The van der Waals surface area contributed by atoms with Gasteiger partial charge in [0.2, 0.25) is 0 Å². The van der Waals surface area contributed by atoms with E-state index in [-0.39, 0.29) is 0 Å². The fourth-order valence-electron chi connectivity index (χ4n) is 2.49. The van der Waals surface area contributed by atoms with E-state index < -0.39 is 45.4 Å². The lowest BCUT2D eigenvalue weighted by Crippen LogP contribution is -2.63. The summed E-state index contributed by atoms with van der Waals surface area (Å²) in [6.45, 7) is 4.92. The van der Waals surface area contributed by atoms with Gasteiger partial charge in [0.15, 0.2) is 0 Å². The van der Waals surface area contributed by atoms with Crippen molar-refractivity contribution in [3.63, 3.8) is 0 Å². The number of nitrogens with zero attached hydrogens (tertiary/aromatic N) is 1. The minimum absolute atomic E-state index is 0.567. The first-order chi connectivity index (χ1) is 13.1. The normalized spacial score (nSPS) is 13.3. The lowest BCUT2D eigenvalue weighted by molar-refractivity contribution is -0.356. The van der Waals surface area contributed by atoms with Crippen LogP contribution in [-0.2, 0) is 14.9 Å². The maximum atomic E-state index is 13.2. The van der Waals surface area contributed by atoms with Crippen LogP contribution in [0.2, 0.25) is 0 Å². The first kappa shape index (κ1) is 25.0. The molecule has 166 valence electrons. The molecular formula is C16H19F6NO5S. The molecule has 0 bridgehead atoms. The van der Waals surface area contributed by atoms with Gasteiger partial charge in [-0.25, -0.2) is 4.79 Å². The Hall–Kier alpha value is -2.02. The smallest absolute Gasteiger partial charge is 0.435 e. The minimum atomic E-state index is -6.36. The quantitative estimate of drug-likeness (QED) is 0.368. The molecule has 0 aromatic heterocycles. The van der Waals surface area contributed by atoms with Gasteiger partial charge in [-0.1, -0.05) is 6.92 Å². The molecule has 0 aliphatic heterocycles. The molecule has 0 spiro atoms. The molecule has 0 aliphatic rings. The predicted octanol–water partition coefficient (Wildman–Crippen LogP) is 3.83. The molecule has 0 aliphatic carbocycles. The Kier molecular flexibility index (Phi) is 7.57. The average molecular weight is 451 g/mol. The first-order valence-corrected chi connectivity index (χ1v) is 9.86. The third kappa shape index (κ3) is 5.98. The third-order valence-corrected chi connectivity index (χ3v) is 4.68. The van der Waals surface area contributed by atoms with E-state index in [1.54, 1.807) is 0 Å². The number of rotatable bonds is 8. The molecular weight excluding hydrogens is 432 g/mol. The van der Waals surface area contributed by atoms with E-state index >= 15 is 0 Å². The maximum absolute atomic E-state index is 13.2. The molecule has 0 saturated carbocycles. The molecule has 0 heterocycles. The summed E-state index contributed by atoms with van der Waals surface area (Å²) >= 11 is 0. The van der Waals surface area contributed by atoms with Crippen molar-refractivity contribution in [1.29, 1.82) is 0 Å². The molecule has 29 heavy (non-hydrogen) atoms. The summed E-state index contributed by atoms with van der Waals surface area (Å²) in [5, 5.41) is 0. The van der Waals surface area contributed by atoms with Crippen molar-refractivity contribution in [2.45, 2.75) is 38.2 Å². The third-order valence-electron chi connectivity index (χ3n) is 3.91. The molecule has 1 N–H and O–H groups in total. The van der Waals surface area contributed by atoms with Crippen LogP contribution in [0.25, 0.3) is 0 Å². The molecule has 1 rings (SSSR count). The number of carbonyl (C=O) groups excluding carboxylic acids is 1. The summed E-state index contributed by atoms with van der Waals surface area (Å²) in [7, 11) is -5.83. The van der Waals surface area contributed by atoms with Crippen LogP contribution in [0, 0.1) is 0 Å². The number of hydrogen-bond donors (Lipinski definition) is 1. The molecule has 0 atom stereocenters. The van der Waals surface area contributed by atoms with Gasteiger partial charge in [-0.2, -0.15) is 34.8 Å². The van der Waals surface area contributed by atoms with E-state index in [2.05, 4.69) is 4.74 Å². The van der Waals surface area contributed by atoms with Crippen LogP contribution in [0.3, 0.4) is 0 Å². The summed E-state index contributed by atoms with van der Waals surface area (Å²) in [5.74, 6) is -4.97. The Labute approximate surface area is 163 Å². The first-order valence-electron chi connectivity index (χ1n) is 8.25. The monoisotopic (exact) mass is 451 g/mol. The second-order valence-corrected chi connectivity index (χ2v) is 7.52. The van der Waals surface area contributed by atoms with Crippen molar-refractivity contribution < 1.29 is 48.8 Å². The number of carbonyl (C=O) groups is 1. The predicted molar refractivity (Wildman–Crippen MR) is 91.3 cm³/mol. The highest BCUT2D eigenvalue weighted by atomic mass is 32.2. The molecule has 1 aromatic carbocycles. The van der Waals surface area contributed by atoms with Gasteiger partial charge in [-0.05, 0) is 37.6 Å². The fraction of sp³-hybridized carbons (Fsp3) is 0.562. The standard InChI is InChI=1S/C16H19F6NO5S/c1-3-9-23(4-2)12-7-5-11(6-8-12)13(24)28-14(15(17,18)19,16(20,21)22)10-29(25,26)27/h5-8H,3-4,9-10H2,1-2H3,(H,25,26,27). The minimum Gasteiger partial charge on any atom is -0.435 e. The van der Waals surface area contributed by atoms with Crippen molar-refractivity contribution in [2.24, 2.45) is 0 Å². The van der Waals surface area contributed by atoms with E-state index in [4.69, 9.17) is 4.55 Å². The van der Waals surface area contributed by atoms with Crippen LogP contribution in [-0.4, -0.2) is 55.7 Å². The van der Waals surface area contributed by atoms with Crippen LogP contribution in [0.15, 0.2) is 24.3 Å². The van der Waals surface area contributed by atoms with Gasteiger partial charge < -0.3 is 9.64 Å². The average Bonchev–Trinajstić information content (AvgIpc) is 2.56. The summed E-state index contributed by atoms with van der Waals surface area (Å²) < 4.78 is 113. The van der Waals surface area contributed by atoms with Gasteiger partial charge in [0, 0.05) is 18.8 Å². The molecule has 0 radical (unpaired) electrons. The summed E-state index contributed by atoms with van der Waals surface area (Å²) in [6.07, 6.45) is -12.0. The highest BCUT2D eigenvalue weighted by Crippen LogP contribution is 2.47. The fourth-order valence-corrected chi connectivity index (χ4v) is 3.39. The van der Waals surface area contributed by atoms with E-state index in [0.717, 1.165) is 18.6 Å². The lowest BCUT2D eigenvalue weighted by atomic mass is 10.1. The number of benzene rings is 1. The number of anilines is 1. The second-order valence-electron chi connectivity index (χ2n) is 6.06. The molecule has 0 unspecified atom stereocenters. The largest absolute Gasteiger partial charge is 0.438 e. The van der Waals surface area contributed by atoms with E-state index in [9.17, 15) is 39.6 Å². The lowest BCUT2D eigenvalue weighted by Gasteiger charge is -2.35. The number of alkyl halides is 6. The summed E-state index contributed by atoms with van der Waals surface area (Å²) in [4.78, 5) is 13.9. The zero-order valence-electron chi connectivity index (χ0n) is 15.3. The zero-order chi connectivity index (χ0) is 22.7. The Morgan fingerprint density at radius 3 is 1.86 bits per heavy atom. The molecule has 6 nitrogen and oxygen atoms in total. The molecule has 0 amide bonds. The van der Waals surface area contributed by atoms with Gasteiger partial charge >= 0.3 is 23.9 Å². The van der Waals surface area contributed by atoms with Crippen molar-refractivity contribution in [3.8, 4) is 0 Å². The Morgan fingerprint density at radius 1 is 1.03 bits per heavy atom. The van der Waals surface area contributed by atoms with Gasteiger partial charge in [0.05, 0.1) is 5.56 Å². The second kappa shape index (κ2) is 8.78. The molecule has 13 heteroatoms. The van der Waals surface area contributed by atoms with Crippen molar-refractivity contribution in [2.75, 3.05) is 23.7 Å². The Bertz CT molecular complexity index is 791. The molecule has 0 saturated heterocycles. The van der Waals surface area contributed by atoms with Gasteiger partial charge in [0.25, 0.3) is 10.1 Å². The van der Waals surface area contributed by atoms with Crippen LogP contribution >= 0.6 is 0 Å². The van der Waals surface area contributed by atoms with Crippen LogP contribution in [0.4, 0.5) is 32.0 Å². The Morgan fingerprint density at radius 2 is 1.52 bits per heavy atom. The maximum Gasteiger partial charge on any atom is 0.438 e. The van der Waals surface area contributed by atoms with Crippen LogP contribution < -0.4 is 4.90 Å². The summed E-state index contributed by atoms with van der Waals surface area (Å²) in [5.41, 5.74) is -5.52. The van der Waals surface area contributed by atoms with E-state index in [1.165, 1.54) is 12.1 Å². The van der Waals surface area contributed by atoms with Crippen molar-refractivity contribution in [3.05, 3.63) is 29.8 Å². The zero-order valence-corrected chi connectivity index (χ0v) is 16.2. The molecule has 0 fully saturated rings. The highest BCUT2D eigenvalue weighted by molar-refractivity contribution is 7.85. The van der Waals surface area contributed by atoms with Crippen molar-refractivity contribution in [1.82, 2.24) is 0 Å². The number of ether oxygens (including phenoxy) is 1. The van der Waals surface area contributed by atoms with Gasteiger partial charge in [-0.3, -0.25) is 4.55 Å². The Balaban J connectivity index is 3.31. The molecule has 1 aromatic rings. The van der Waals surface area contributed by atoms with Crippen LogP contribution in [0.1, 0.15) is 30.6 Å². The number of halogens is 6. The van der Waals surface area contributed by atoms with Gasteiger partial charge in [-0.15, -0.1) is 0 Å². The van der Waals surface area contributed by atoms with E-state index in [0.29, 0.717) is 18.8 Å². The van der Waals surface area contributed by atoms with Gasteiger partial charge in [0.1, 0.15) is 5.75 Å². The van der Waals surface area contributed by atoms with Crippen LogP contribution in [0.5, 0.6) is 0 Å². The van der Waals surface area contributed by atoms with E-state index in [1.807, 2.05) is 18.7 Å². The summed E-state index contributed by atoms with van der Waals surface area (Å²) in [6, 6.07) is 4.53.